The molecule has 0 radical (unpaired) electrons. The molecule has 1 saturated heterocycles. The van der Waals surface area contributed by atoms with Crippen molar-refractivity contribution in [3.63, 3.8) is 0 Å². The molecule has 1 heterocycles. The summed E-state index contributed by atoms with van der Waals surface area (Å²) in [6.45, 7) is 1.20. The van der Waals surface area contributed by atoms with Gasteiger partial charge in [0.2, 0.25) is 5.91 Å². The molecule has 0 saturated carbocycles. The van der Waals surface area contributed by atoms with Crippen LogP contribution in [0.4, 0.5) is 8.78 Å². The molecule has 5 heteroatoms. The van der Waals surface area contributed by atoms with Gasteiger partial charge >= 0.3 is 0 Å². The Morgan fingerprint density at radius 1 is 1.13 bits per heavy atom. The molecule has 3 nitrogen and oxygen atoms in total. The van der Waals surface area contributed by atoms with Crippen molar-refractivity contribution in [2.75, 3.05) is 6.54 Å². The van der Waals surface area contributed by atoms with Gasteiger partial charge in [-0.05, 0) is 35.6 Å². The predicted molar refractivity (Wildman–Crippen MR) is 83.6 cm³/mol. The van der Waals surface area contributed by atoms with Gasteiger partial charge < -0.3 is 5.73 Å². The van der Waals surface area contributed by atoms with Crippen molar-refractivity contribution < 1.29 is 13.6 Å². The first-order chi connectivity index (χ1) is 11.0. The van der Waals surface area contributed by atoms with Gasteiger partial charge in [0.15, 0.2) is 11.6 Å². The molecule has 1 unspecified atom stereocenters. The van der Waals surface area contributed by atoms with Crippen LogP contribution < -0.4 is 5.73 Å². The predicted octanol–water partition coefficient (Wildman–Crippen LogP) is 2.81. The summed E-state index contributed by atoms with van der Waals surface area (Å²) in [4.78, 5) is 13.8. The fraction of sp³-hybridized carbons (Fsp3) is 0.278. The summed E-state index contributed by atoms with van der Waals surface area (Å²) < 4.78 is 26.5. The average Bonchev–Trinajstić information content (AvgIpc) is 2.95. The zero-order valence-electron chi connectivity index (χ0n) is 12.6. The summed E-state index contributed by atoms with van der Waals surface area (Å²) in [6.07, 6.45) is 0.521. The Kier molecular flexibility index (Phi) is 4.39. The molecule has 0 bridgehead atoms. The van der Waals surface area contributed by atoms with E-state index < -0.39 is 17.7 Å². The Labute approximate surface area is 133 Å². The summed E-state index contributed by atoms with van der Waals surface area (Å²) in [6, 6.07) is 13.3. The monoisotopic (exact) mass is 316 g/mol. The lowest BCUT2D eigenvalue weighted by Crippen LogP contribution is -2.39. The van der Waals surface area contributed by atoms with E-state index in [-0.39, 0.29) is 11.8 Å². The van der Waals surface area contributed by atoms with Gasteiger partial charge in [0.05, 0.1) is 6.04 Å². The van der Waals surface area contributed by atoms with E-state index in [9.17, 15) is 13.6 Å². The van der Waals surface area contributed by atoms with Crippen LogP contribution in [-0.2, 0) is 11.3 Å². The molecule has 1 amide bonds. The van der Waals surface area contributed by atoms with Gasteiger partial charge in [-0.1, -0.05) is 36.4 Å². The largest absolute Gasteiger partial charge is 0.368 e. The normalized spacial score (nSPS) is 21.5. The molecule has 1 fully saturated rings. The zero-order chi connectivity index (χ0) is 16.4. The van der Waals surface area contributed by atoms with Crippen LogP contribution in [-0.4, -0.2) is 23.4 Å². The molecular formula is C18H18F2N2O. The Morgan fingerprint density at radius 3 is 2.52 bits per heavy atom. The van der Waals surface area contributed by atoms with E-state index in [2.05, 4.69) is 0 Å². The first-order valence-corrected chi connectivity index (χ1v) is 7.57. The van der Waals surface area contributed by atoms with Gasteiger partial charge in [-0.2, -0.15) is 0 Å². The van der Waals surface area contributed by atoms with Gasteiger partial charge in [-0.25, -0.2) is 8.78 Å². The lowest BCUT2D eigenvalue weighted by atomic mass is 9.96. The SMILES string of the molecule is NC(=O)C1C[C@H](c2ccc(F)c(F)c2)CN1Cc1ccccc1. The number of nitrogens with two attached hydrogens (primary N) is 1. The number of carbonyl (C=O) groups is 1. The minimum Gasteiger partial charge on any atom is -0.368 e. The van der Waals surface area contributed by atoms with Crippen molar-refractivity contribution in [2.24, 2.45) is 5.73 Å². The van der Waals surface area contributed by atoms with Crippen molar-refractivity contribution in [2.45, 2.75) is 24.9 Å². The van der Waals surface area contributed by atoms with Gasteiger partial charge in [0, 0.05) is 13.1 Å². The molecule has 23 heavy (non-hydrogen) atoms. The molecule has 0 aliphatic carbocycles. The van der Waals surface area contributed by atoms with Gasteiger partial charge in [-0.15, -0.1) is 0 Å². The molecule has 2 aromatic carbocycles. The highest BCUT2D eigenvalue weighted by atomic mass is 19.2. The third kappa shape index (κ3) is 3.40. The van der Waals surface area contributed by atoms with E-state index in [1.165, 1.54) is 6.07 Å². The number of carbonyl (C=O) groups excluding carboxylic acids is 1. The van der Waals surface area contributed by atoms with Gasteiger partial charge in [0.1, 0.15) is 0 Å². The van der Waals surface area contributed by atoms with Gasteiger partial charge in [-0.3, -0.25) is 9.69 Å². The van der Waals surface area contributed by atoms with Crippen LogP contribution in [0.5, 0.6) is 0 Å². The molecule has 3 rings (SSSR count). The Hall–Kier alpha value is -2.27. The van der Waals surface area contributed by atoms with Crippen molar-refractivity contribution in [1.82, 2.24) is 4.90 Å². The molecule has 0 aromatic heterocycles. The van der Waals surface area contributed by atoms with Crippen LogP contribution in [0.2, 0.25) is 0 Å². The highest BCUT2D eigenvalue weighted by Gasteiger charge is 2.36. The number of primary amides is 1. The Bertz CT molecular complexity index is 705. The van der Waals surface area contributed by atoms with E-state index in [0.29, 0.717) is 25.1 Å². The summed E-state index contributed by atoms with van der Waals surface area (Å²) in [5.41, 5.74) is 7.31. The molecule has 2 aromatic rings. The highest BCUT2D eigenvalue weighted by Crippen LogP contribution is 2.33. The molecule has 0 spiro atoms. The topological polar surface area (TPSA) is 46.3 Å². The molecular weight excluding hydrogens is 298 g/mol. The number of nitrogens with zero attached hydrogens (tertiary/aromatic N) is 1. The van der Waals surface area contributed by atoms with Crippen molar-refractivity contribution >= 4 is 5.91 Å². The van der Waals surface area contributed by atoms with Crippen molar-refractivity contribution in [3.8, 4) is 0 Å². The van der Waals surface area contributed by atoms with Crippen molar-refractivity contribution in [3.05, 3.63) is 71.3 Å². The van der Waals surface area contributed by atoms with E-state index >= 15 is 0 Å². The third-order valence-electron chi connectivity index (χ3n) is 4.38. The highest BCUT2D eigenvalue weighted by molar-refractivity contribution is 5.80. The van der Waals surface area contributed by atoms with Crippen LogP contribution in [0.1, 0.15) is 23.5 Å². The summed E-state index contributed by atoms with van der Waals surface area (Å²) in [5.74, 6) is -2.14. The number of amides is 1. The minimum absolute atomic E-state index is 0.0358. The van der Waals surface area contributed by atoms with Crippen LogP contribution in [0, 0.1) is 11.6 Å². The van der Waals surface area contributed by atoms with Crippen LogP contribution in [0.25, 0.3) is 0 Å². The Morgan fingerprint density at radius 2 is 1.87 bits per heavy atom. The number of rotatable bonds is 4. The second-order valence-electron chi connectivity index (χ2n) is 5.94. The molecule has 120 valence electrons. The van der Waals surface area contributed by atoms with Crippen LogP contribution in [0.3, 0.4) is 0 Å². The second kappa shape index (κ2) is 6.46. The molecule has 1 aliphatic rings. The summed E-state index contributed by atoms with van der Waals surface area (Å²) in [5, 5.41) is 0. The first-order valence-electron chi connectivity index (χ1n) is 7.57. The van der Waals surface area contributed by atoms with Crippen LogP contribution >= 0.6 is 0 Å². The zero-order valence-corrected chi connectivity index (χ0v) is 12.6. The quantitative estimate of drug-likeness (QED) is 0.943. The maximum Gasteiger partial charge on any atom is 0.234 e. The fourth-order valence-corrected chi connectivity index (χ4v) is 3.20. The number of hydrogen-bond acceptors (Lipinski definition) is 2. The fourth-order valence-electron chi connectivity index (χ4n) is 3.20. The van der Waals surface area contributed by atoms with E-state index in [4.69, 9.17) is 5.73 Å². The first kappa shape index (κ1) is 15.6. The maximum atomic E-state index is 13.5. The molecule has 2 atom stereocenters. The van der Waals surface area contributed by atoms with Crippen molar-refractivity contribution in [1.29, 1.82) is 0 Å². The molecule has 2 N–H and O–H groups in total. The lowest BCUT2D eigenvalue weighted by molar-refractivity contribution is -0.122. The standard InChI is InChI=1S/C18H18F2N2O/c19-15-7-6-13(8-16(15)20)14-9-17(18(21)23)22(11-14)10-12-4-2-1-3-5-12/h1-8,14,17H,9-11H2,(H2,21,23)/t14-,17?/m0/s1. The lowest BCUT2D eigenvalue weighted by Gasteiger charge is -2.21. The second-order valence-corrected chi connectivity index (χ2v) is 5.94. The Balaban J connectivity index is 1.80. The maximum absolute atomic E-state index is 13.5. The summed E-state index contributed by atoms with van der Waals surface area (Å²) in [7, 11) is 0. The average molecular weight is 316 g/mol. The van der Waals surface area contributed by atoms with E-state index in [1.807, 2.05) is 35.2 Å². The third-order valence-corrected chi connectivity index (χ3v) is 4.38. The number of likely N-dealkylation sites (tertiary alicyclic amines) is 1. The van der Waals surface area contributed by atoms with E-state index in [1.54, 1.807) is 6.07 Å². The number of benzene rings is 2. The van der Waals surface area contributed by atoms with Gasteiger partial charge in [0.25, 0.3) is 0 Å². The van der Waals surface area contributed by atoms with E-state index in [0.717, 1.165) is 11.6 Å². The number of halogens is 2. The molecule has 1 aliphatic heterocycles. The summed E-state index contributed by atoms with van der Waals surface area (Å²) >= 11 is 0. The number of hydrogen-bond donors (Lipinski definition) is 1. The van der Waals surface area contributed by atoms with Crippen LogP contribution in [0.15, 0.2) is 48.5 Å². The smallest absolute Gasteiger partial charge is 0.234 e. The minimum atomic E-state index is -0.862.